The molecule has 3 nitrogen and oxygen atoms in total. The van der Waals surface area contributed by atoms with Gasteiger partial charge in [-0.2, -0.15) is 13.2 Å². The fraction of sp³-hybridized carbons (Fsp3) is 0.250. The van der Waals surface area contributed by atoms with Crippen LogP contribution in [-0.2, 0) is 6.18 Å². The van der Waals surface area contributed by atoms with E-state index in [2.05, 4.69) is 4.98 Å². The Morgan fingerprint density at radius 2 is 1.61 bits per heavy atom. The van der Waals surface area contributed by atoms with E-state index in [1.807, 2.05) is 0 Å². The summed E-state index contributed by atoms with van der Waals surface area (Å²) in [6.45, 7) is 0. The van der Waals surface area contributed by atoms with E-state index < -0.39 is 17.6 Å². The number of hydrogen-bond acceptors (Lipinski definition) is 3. The van der Waals surface area contributed by atoms with Crippen LogP contribution in [0.25, 0.3) is 10.9 Å². The van der Waals surface area contributed by atoms with Crippen molar-refractivity contribution in [2.45, 2.75) is 6.18 Å². The molecule has 0 saturated heterocycles. The van der Waals surface area contributed by atoms with Crippen LogP contribution in [0.1, 0.15) is 5.69 Å². The van der Waals surface area contributed by atoms with Crippen LogP contribution in [0.3, 0.4) is 0 Å². The van der Waals surface area contributed by atoms with Crippen LogP contribution in [-0.4, -0.2) is 19.2 Å². The Morgan fingerprint density at radius 1 is 1.00 bits per heavy atom. The van der Waals surface area contributed by atoms with Crippen LogP contribution < -0.4 is 9.47 Å². The minimum atomic E-state index is -4.59. The predicted molar refractivity (Wildman–Crippen MR) is 59.8 cm³/mol. The van der Waals surface area contributed by atoms with Crippen molar-refractivity contribution < 1.29 is 22.6 Å². The largest absolute Gasteiger partial charge is 0.492 e. The number of rotatable bonds is 2. The maximum absolute atomic E-state index is 12.9. The number of methoxy groups -OCH3 is 2. The second-order valence-corrected chi connectivity index (χ2v) is 3.54. The molecule has 0 atom stereocenters. The topological polar surface area (TPSA) is 31.4 Å². The maximum Gasteiger partial charge on any atom is 0.437 e. The highest BCUT2D eigenvalue weighted by Crippen LogP contribution is 2.43. The van der Waals surface area contributed by atoms with Crippen LogP contribution in [0.5, 0.6) is 11.5 Å². The molecule has 0 fully saturated rings. The number of fused-ring (bicyclic) bond motifs is 1. The number of halogens is 3. The summed E-state index contributed by atoms with van der Waals surface area (Å²) in [4.78, 5) is 3.60. The zero-order valence-electron chi connectivity index (χ0n) is 9.71. The number of ether oxygens (including phenoxy) is 2. The summed E-state index contributed by atoms with van der Waals surface area (Å²) >= 11 is 0. The van der Waals surface area contributed by atoms with Gasteiger partial charge in [0.05, 0.1) is 19.7 Å². The first-order valence-electron chi connectivity index (χ1n) is 5.07. The molecule has 0 radical (unpaired) electrons. The van der Waals surface area contributed by atoms with Crippen LogP contribution in [0.2, 0.25) is 0 Å². The first kappa shape index (κ1) is 12.5. The van der Waals surface area contributed by atoms with Gasteiger partial charge in [0.15, 0.2) is 17.2 Å². The third-order valence-corrected chi connectivity index (χ3v) is 2.48. The number of hydrogen-bond donors (Lipinski definition) is 0. The number of aromatic nitrogens is 1. The molecule has 96 valence electrons. The third-order valence-electron chi connectivity index (χ3n) is 2.48. The fourth-order valence-electron chi connectivity index (χ4n) is 1.75. The van der Waals surface area contributed by atoms with Gasteiger partial charge >= 0.3 is 6.18 Å². The summed E-state index contributed by atoms with van der Waals surface area (Å²) in [5.74, 6) is -0.362. The summed E-state index contributed by atoms with van der Waals surface area (Å²) in [5.41, 5.74) is -0.872. The lowest BCUT2D eigenvalue weighted by molar-refractivity contribution is -0.142. The number of nitrogens with zero attached hydrogens (tertiary/aromatic N) is 1. The van der Waals surface area contributed by atoms with Crippen LogP contribution in [0, 0.1) is 0 Å². The Balaban J connectivity index is 2.87. The molecule has 0 saturated carbocycles. The second-order valence-electron chi connectivity index (χ2n) is 3.54. The van der Waals surface area contributed by atoms with Crippen LogP contribution in [0.15, 0.2) is 24.3 Å². The van der Waals surface area contributed by atoms with Crippen molar-refractivity contribution in [1.29, 1.82) is 0 Å². The molecule has 18 heavy (non-hydrogen) atoms. The number of benzene rings is 1. The van der Waals surface area contributed by atoms with E-state index in [0.717, 1.165) is 7.11 Å². The van der Waals surface area contributed by atoms with Gasteiger partial charge in [-0.25, -0.2) is 4.98 Å². The van der Waals surface area contributed by atoms with Crippen molar-refractivity contribution in [2.75, 3.05) is 14.2 Å². The molecule has 0 spiro atoms. The summed E-state index contributed by atoms with van der Waals surface area (Å²) in [7, 11) is 2.45. The smallest absolute Gasteiger partial charge is 0.437 e. The Bertz CT molecular complexity index is 581. The highest BCUT2D eigenvalue weighted by atomic mass is 19.4. The Labute approximate surface area is 101 Å². The van der Waals surface area contributed by atoms with Gasteiger partial charge in [-0.05, 0) is 12.1 Å². The van der Waals surface area contributed by atoms with Gasteiger partial charge in [-0.15, -0.1) is 0 Å². The predicted octanol–water partition coefficient (Wildman–Crippen LogP) is 3.27. The summed E-state index contributed by atoms with van der Waals surface area (Å²) in [6.07, 6.45) is -4.59. The fourth-order valence-corrected chi connectivity index (χ4v) is 1.75. The molecule has 0 unspecified atom stereocenters. The minimum Gasteiger partial charge on any atom is -0.492 e. The van der Waals surface area contributed by atoms with Crippen molar-refractivity contribution in [3.8, 4) is 11.5 Å². The zero-order valence-corrected chi connectivity index (χ0v) is 9.71. The monoisotopic (exact) mass is 257 g/mol. The van der Waals surface area contributed by atoms with Gasteiger partial charge in [-0.3, -0.25) is 0 Å². The molecule has 0 aliphatic carbocycles. The molecule has 0 aliphatic rings. The van der Waals surface area contributed by atoms with E-state index in [9.17, 15) is 13.2 Å². The zero-order chi connectivity index (χ0) is 13.3. The highest BCUT2D eigenvalue weighted by molar-refractivity contribution is 5.88. The molecular formula is C12H10F3NO2. The molecular weight excluding hydrogens is 247 g/mol. The molecule has 1 aromatic heterocycles. The van der Waals surface area contributed by atoms with Crippen molar-refractivity contribution in [2.24, 2.45) is 0 Å². The van der Waals surface area contributed by atoms with E-state index in [-0.39, 0.29) is 11.3 Å². The lowest BCUT2D eigenvalue weighted by atomic mass is 10.1. The molecule has 2 rings (SSSR count). The summed E-state index contributed by atoms with van der Waals surface area (Å²) < 4.78 is 48.5. The Kier molecular flexibility index (Phi) is 3.02. The van der Waals surface area contributed by atoms with Gasteiger partial charge in [0, 0.05) is 5.39 Å². The van der Waals surface area contributed by atoms with Crippen molar-refractivity contribution in [3.05, 3.63) is 30.0 Å². The molecule has 1 aromatic carbocycles. The van der Waals surface area contributed by atoms with Crippen LogP contribution in [0.4, 0.5) is 13.2 Å². The molecule has 0 N–H and O–H groups in total. The van der Waals surface area contributed by atoms with E-state index in [4.69, 9.17) is 9.47 Å². The van der Waals surface area contributed by atoms with E-state index in [1.165, 1.54) is 13.2 Å². The van der Waals surface area contributed by atoms with Gasteiger partial charge in [0.1, 0.15) is 0 Å². The number of para-hydroxylation sites is 1. The van der Waals surface area contributed by atoms with Crippen LogP contribution >= 0.6 is 0 Å². The summed E-state index contributed by atoms with van der Waals surface area (Å²) in [6, 6.07) is 6.43. The van der Waals surface area contributed by atoms with E-state index in [0.29, 0.717) is 5.39 Å². The first-order valence-corrected chi connectivity index (χ1v) is 5.07. The van der Waals surface area contributed by atoms with Gasteiger partial charge < -0.3 is 9.47 Å². The molecule has 2 aromatic rings. The first-order chi connectivity index (χ1) is 8.49. The Morgan fingerprint density at radius 3 is 2.17 bits per heavy atom. The van der Waals surface area contributed by atoms with Crippen molar-refractivity contribution >= 4 is 10.9 Å². The maximum atomic E-state index is 12.9. The highest BCUT2D eigenvalue weighted by Gasteiger charge is 2.38. The van der Waals surface area contributed by atoms with E-state index >= 15 is 0 Å². The normalized spacial score (nSPS) is 11.6. The lowest BCUT2D eigenvalue weighted by Gasteiger charge is -2.16. The standard InChI is InChI=1S/C12H10F3NO2/c1-17-9-7-5-3-4-6-8(7)16-11(10(9)18-2)12(13,14)15/h3-6H,1-2H3. The minimum absolute atomic E-state index is 0.0374. The molecule has 1 heterocycles. The molecule has 0 bridgehead atoms. The molecule has 0 aliphatic heterocycles. The summed E-state index contributed by atoms with van der Waals surface area (Å²) in [5, 5.41) is 0.477. The number of pyridine rings is 1. The van der Waals surface area contributed by atoms with Gasteiger partial charge in [-0.1, -0.05) is 12.1 Å². The average Bonchev–Trinajstić information content (AvgIpc) is 2.35. The Hall–Kier alpha value is -1.98. The lowest BCUT2D eigenvalue weighted by Crippen LogP contribution is -2.11. The van der Waals surface area contributed by atoms with Crippen molar-refractivity contribution in [1.82, 2.24) is 4.98 Å². The second kappa shape index (κ2) is 4.36. The molecule has 6 heteroatoms. The van der Waals surface area contributed by atoms with Crippen molar-refractivity contribution in [3.63, 3.8) is 0 Å². The quantitative estimate of drug-likeness (QED) is 0.827. The molecule has 0 amide bonds. The SMILES string of the molecule is COc1c(C(F)(F)F)nc2ccccc2c1OC. The third kappa shape index (κ3) is 1.94. The van der Waals surface area contributed by atoms with E-state index in [1.54, 1.807) is 18.2 Å². The van der Waals surface area contributed by atoms with Gasteiger partial charge in [0.2, 0.25) is 0 Å². The van der Waals surface area contributed by atoms with Gasteiger partial charge in [0.25, 0.3) is 0 Å². The number of alkyl halides is 3. The average molecular weight is 257 g/mol.